The Bertz CT molecular complexity index is 111. The van der Waals surface area contributed by atoms with Crippen LogP contribution in [0.5, 0.6) is 0 Å². The molecule has 5 N–H and O–H groups in total. The van der Waals surface area contributed by atoms with Gasteiger partial charge in [0, 0.05) is 0 Å². The predicted molar refractivity (Wildman–Crippen MR) is 72.0 cm³/mol. The third kappa shape index (κ3) is 14.1. The summed E-state index contributed by atoms with van der Waals surface area (Å²) in [5.41, 5.74) is 5.40. The summed E-state index contributed by atoms with van der Waals surface area (Å²) < 4.78 is 0. The van der Waals surface area contributed by atoms with Crippen LogP contribution in [0.25, 0.3) is 0 Å². The first kappa shape index (κ1) is 16.1. The highest BCUT2D eigenvalue weighted by Crippen LogP contribution is 1.85. The Hall–Kier alpha value is 0.130. The predicted octanol–water partition coefficient (Wildman–Crippen LogP) is 0.471. The summed E-state index contributed by atoms with van der Waals surface area (Å²) >= 11 is 5.49. The van der Waals surface area contributed by atoms with E-state index in [0.29, 0.717) is 6.00 Å². The van der Waals surface area contributed by atoms with Crippen LogP contribution in [0.1, 0.15) is 25.7 Å². The van der Waals surface area contributed by atoms with Crippen molar-refractivity contribution in [3.8, 4) is 0 Å². The Labute approximate surface area is 105 Å². The Kier molecular flexibility index (Phi) is 15.3. The molecule has 0 aromatic carbocycles. The van der Waals surface area contributed by atoms with E-state index in [4.69, 9.17) is 17.3 Å². The third-order valence-corrected chi connectivity index (χ3v) is 2.51. The van der Waals surface area contributed by atoms with Gasteiger partial charge in [0.1, 0.15) is 0 Å². The fourth-order valence-corrected chi connectivity index (χ4v) is 1.52. The number of unbranched alkanes of at least 4 members (excludes halogenated alkanes) is 1. The Morgan fingerprint density at radius 3 is 1.75 bits per heavy atom. The zero-order valence-corrected chi connectivity index (χ0v) is 11.0. The Morgan fingerprint density at radius 2 is 1.19 bits per heavy atom. The van der Waals surface area contributed by atoms with Crippen LogP contribution in [0.15, 0.2) is 0 Å². The molecular weight excluding hydrogens is 224 g/mol. The van der Waals surface area contributed by atoms with E-state index >= 15 is 0 Å². The van der Waals surface area contributed by atoms with Crippen LogP contribution in [0, 0.1) is 0 Å². The molecule has 0 aromatic rings. The number of hydrogen-bond acceptors (Lipinski definition) is 4. The van der Waals surface area contributed by atoms with Crippen molar-refractivity contribution in [2.45, 2.75) is 25.7 Å². The minimum Gasteiger partial charge on any atom is -0.330 e. The first-order valence-electron chi connectivity index (χ1n) is 6.30. The van der Waals surface area contributed by atoms with E-state index in [1.165, 1.54) is 12.8 Å². The second-order valence-electron chi connectivity index (χ2n) is 3.84. The van der Waals surface area contributed by atoms with Gasteiger partial charge < -0.3 is 21.7 Å². The van der Waals surface area contributed by atoms with Gasteiger partial charge in [-0.15, -0.1) is 11.6 Å². The summed E-state index contributed by atoms with van der Waals surface area (Å²) in [6.07, 6.45) is 4.68. The van der Waals surface area contributed by atoms with Gasteiger partial charge in [0.2, 0.25) is 0 Å². The molecule has 0 bridgehead atoms. The van der Waals surface area contributed by atoms with E-state index < -0.39 is 0 Å². The maximum Gasteiger partial charge on any atom is 0.0713 e. The van der Waals surface area contributed by atoms with Gasteiger partial charge in [0.15, 0.2) is 0 Å². The molecule has 0 saturated carbocycles. The van der Waals surface area contributed by atoms with Gasteiger partial charge in [-0.05, 0) is 65.0 Å². The summed E-state index contributed by atoms with van der Waals surface area (Å²) in [7, 11) is 0. The lowest BCUT2D eigenvalue weighted by Gasteiger charge is -2.05. The van der Waals surface area contributed by atoms with E-state index in [2.05, 4.69) is 16.0 Å². The molecule has 0 radical (unpaired) electrons. The molecule has 0 aliphatic heterocycles. The van der Waals surface area contributed by atoms with Crippen LogP contribution in [-0.4, -0.2) is 45.3 Å². The second-order valence-corrected chi connectivity index (χ2v) is 4.10. The van der Waals surface area contributed by atoms with E-state index in [9.17, 15) is 0 Å². The largest absolute Gasteiger partial charge is 0.330 e. The zero-order chi connectivity index (χ0) is 11.9. The van der Waals surface area contributed by atoms with Gasteiger partial charge >= 0.3 is 0 Å². The van der Waals surface area contributed by atoms with E-state index in [1.54, 1.807) is 0 Å². The van der Waals surface area contributed by atoms with Crippen molar-refractivity contribution in [3.63, 3.8) is 0 Å². The summed E-state index contributed by atoms with van der Waals surface area (Å²) in [5, 5.41) is 9.87. The van der Waals surface area contributed by atoms with E-state index in [0.717, 1.165) is 52.1 Å². The number of alkyl halides is 1. The van der Waals surface area contributed by atoms with Crippen molar-refractivity contribution < 1.29 is 0 Å². The molecule has 0 unspecified atom stereocenters. The number of hydrogen-bond donors (Lipinski definition) is 4. The van der Waals surface area contributed by atoms with Crippen molar-refractivity contribution in [1.29, 1.82) is 0 Å². The van der Waals surface area contributed by atoms with Crippen LogP contribution >= 0.6 is 11.6 Å². The van der Waals surface area contributed by atoms with E-state index in [-0.39, 0.29) is 0 Å². The summed E-state index contributed by atoms with van der Waals surface area (Å²) in [6, 6.07) is 0.550. The average molecular weight is 251 g/mol. The van der Waals surface area contributed by atoms with Gasteiger partial charge in [-0.3, -0.25) is 0 Å². The Morgan fingerprint density at radius 1 is 0.688 bits per heavy atom. The minimum atomic E-state index is 0.550. The molecule has 98 valence electrons. The van der Waals surface area contributed by atoms with Crippen molar-refractivity contribution in [1.82, 2.24) is 16.0 Å². The normalized spacial score (nSPS) is 10.9. The zero-order valence-electron chi connectivity index (χ0n) is 10.2. The second kappa shape index (κ2) is 15.1. The fraction of sp³-hybridized carbons (Fsp3) is 1.00. The number of halogens is 1. The molecule has 0 heterocycles. The summed E-state index contributed by atoms with van der Waals surface area (Å²) in [6.45, 7) is 6.12. The highest BCUT2D eigenvalue weighted by Gasteiger charge is 1.90. The first-order chi connectivity index (χ1) is 7.91. The quantitative estimate of drug-likeness (QED) is 0.218. The molecule has 0 atom stereocenters. The maximum absolute atomic E-state index is 5.49. The molecule has 5 heteroatoms. The van der Waals surface area contributed by atoms with Crippen molar-refractivity contribution in [2.75, 3.05) is 45.3 Å². The molecule has 0 aromatic heterocycles. The highest BCUT2D eigenvalue weighted by atomic mass is 35.5. The molecule has 4 nitrogen and oxygen atoms in total. The monoisotopic (exact) mass is 250 g/mol. The molecule has 0 aliphatic rings. The van der Waals surface area contributed by atoms with Crippen LogP contribution in [0.2, 0.25) is 0 Å². The summed E-state index contributed by atoms with van der Waals surface area (Å²) in [4.78, 5) is 0. The molecular formula is C11H27ClN4. The third-order valence-electron chi connectivity index (χ3n) is 2.32. The average Bonchev–Trinajstić information content (AvgIpc) is 2.31. The van der Waals surface area contributed by atoms with Crippen molar-refractivity contribution in [3.05, 3.63) is 0 Å². The smallest absolute Gasteiger partial charge is 0.0713 e. The summed E-state index contributed by atoms with van der Waals surface area (Å²) in [5.74, 6) is 0. The molecule has 0 fully saturated rings. The lowest BCUT2D eigenvalue weighted by Crippen LogP contribution is -2.23. The topological polar surface area (TPSA) is 62.1 Å². The maximum atomic E-state index is 5.49. The first-order valence-corrected chi connectivity index (χ1v) is 6.83. The fourth-order valence-electron chi connectivity index (χ4n) is 1.38. The number of rotatable bonds is 13. The van der Waals surface area contributed by atoms with Gasteiger partial charge in [0.05, 0.1) is 6.00 Å². The van der Waals surface area contributed by atoms with Gasteiger partial charge in [0.25, 0.3) is 0 Å². The van der Waals surface area contributed by atoms with Crippen LogP contribution in [-0.2, 0) is 0 Å². The van der Waals surface area contributed by atoms with Crippen LogP contribution in [0.3, 0.4) is 0 Å². The van der Waals surface area contributed by atoms with Gasteiger partial charge in [-0.2, -0.15) is 0 Å². The van der Waals surface area contributed by atoms with E-state index in [1.807, 2.05) is 0 Å². The van der Waals surface area contributed by atoms with Crippen LogP contribution < -0.4 is 21.7 Å². The lowest BCUT2D eigenvalue weighted by atomic mass is 10.3. The molecule has 0 rings (SSSR count). The highest BCUT2D eigenvalue weighted by molar-refractivity contribution is 6.17. The molecule has 0 spiro atoms. The van der Waals surface area contributed by atoms with Gasteiger partial charge in [-0.25, -0.2) is 0 Å². The lowest BCUT2D eigenvalue weighted by molar-refractivity contribution is 0.563. The molecule has 0 amide bonds. The number of nitrogens with one attached hydrogen (secondary N) is 3. The Balaban J connectivity index is 2.83. The van der Waals surface area contributed by atoms with Gasteiger partial charge in [-0.1, -0.05) is 0 Å². The SMILES string of the molecule is NCCCNCCCCNCCCNCCl. The van der Waals surface area contributed by atoms with Crippen molar-refractivity contribution >= 4 is 11.6 Å². The molecule has 0 saturated heterocycles. The van der Waals surface area contributed by atoms with Crippen LogP contribution in [0.4, 0.5) is 0 Å². The molecule has 0 aliphatic carbocycles. The standard InChI is InChI=1S/C11H27ClN4/c12-11-16-10-4-9-15-7-2-1-6-14-8-3-5-13/h14-16H,1-11,13H2. The molecule has 16 heavy (non-hydrogen) atoms. The minimum absolute atomic E-state index is 0.550. The number of nitrogens with two attached hydrogens (primary N) is 1. The van der Waals surface area contributed by atoms with Crippen molar-refractivity contribution in [2.24, 2.45) is 5.73 Å².